The van der Waals surface area contributed by atoms with Gasteiger partial charge >= 0.3 is 0 Å². The Labute approximate surface area is 176 Å². The summed E-state index contributed by atoms with van der Waals surface area (Å²) in [6, 6.07) is 16.4. The van der Waals surface area contributed by atoms with E-state index in [-0.39, 0.29) is 0 Å². The molecule has 0 aliphatic carbocycles. The average Bonchev–Trinajstić information content (AvgIpc) is 3.08. The highest BCUT2D eigenvalue weighted by Gasteiger charge is 2.11. The highest BCUT2D eigenvalue weighted by Crippen LogP contribution is 2.23. The van der Waals surface area contributed by atoms with Gasteiger partial charge in [0.2, 0.25) is 5.16 Å². The molecule has 0 aliphatic heterocycles. The second-order valence-electron chi connectivity index (χ2n) is 6.94. The third-order valence-corrected chi connectivity index (χ3v) is 5.60. The van der Waals surface area contributed by atoms with Crippen molar-refractivity contribution in [3.05, 3.63) is 76.1 Å². The zero-order chi connectivity index (χ0) is 19.9. The van der Waals surface area contributed by atoms with E-state index in [9.17, 15) is 0 Å². The van der Waals surface area contributed by atoms with Crippen molar-refractivity contribution < 1.29 is 0 Å². The lowest BCUT2D eigenvalue weighted by Gasteiger charge is -2.06. The number of nitrogens with zero attached hydrogens (tertiary/aromatic N) is 4. The third-order valence-electron chi connectivity index (χ3n) is 4.36. The Kier molecular flexibility index (Phi) is 7.29. The van der Waals surface area contributed by atoms with Gasteiger partial charge in [-0.05, 0) is 41.2 Å². The highest BCUT2D eigenvalue weighted by atomic mass is 35.5. The molecule has 146 valence electrons. The van der Waals surface area contributed by atoms with E-state index in [1.54, 1.807) is 11.8 Å². The van der Waals surface area contributed by atoms with Crippen LogP contribution in [-0.2, 0) is 12.2 Å². The quantitative estimate of drug-likeness (QED) is 0.327. The summed E-state index contributed by atoms with van der Waals surface area (Å²) < 4.78 is 1.86. The first kappa shape index (κ1) is 20.6. The fraction of sp³-hybridized carbons (Fsp3) is 0.318. The lowest BCUT2D eigenvalue weighted by Crippen LogP contribution is -2.00. The highest BCUT2D eigenvalue weighted by molar-refractivity contribution is 7.98. The zero-order valence-corrected chi connectivity index (χ0v) is 18.0. The van der Waals surface area contributed by atoms with Crippen molar-refractivity contribution in [3.63, 3.8) is 0 Å². The van der Waals surface area contributed by atoms with Crippen molar-refractivity contribution in [1.29, 1.82) is 0 Å². The van der Waals surface area contributed by atoms with Crippen molar-refractivity contribution in [2.24, 2.45) is 5.10 Å². The lowest BCUT2D eigenvalue weighted by atomic mass is 10.0. The van der Waals surface area contributed by atoms with Gasteiger partial charge in [-0.2, -0.15) is 9.78 Å². The Morgan fingerprint density at radius 3 is 2.43 bits per heavy atom. The van der Waals surface area contributed by atoms with Gasteiger partial charge in [0.15, 0.2) is 5.82 Å². The SMILES string of the molecule is CCCc1nnc(SCc2ccc(Cl)cc2)n1/N=C\c1ccc(C(C)C)cc1. The van der Waals surface area contributed by atoms with E-state index < -0.39 is 0 Å². The van der Waals surface area contributed by atoms with Gasteiger partial charge in [-0.15, -0.1) is 10.2 Å². The maximum Gasteiger partial charge on any atom is 0.212 e. The van der Waals surface area contributed by atoms with Crippen LogP contribution < -0.4 is 0 Å². The summed E-state index contributed by atoms with van der Waals surface area (Å²) in [5.74, 6) is 2.20. The molecule has 0 saturated carbocycles. The van der Waals surface area contributed by atoms with Crippen molar-refractivity contribution in [1.82, 2.24) is 14.9 Å². The molecule has 0 unspecified atom stereocenters. The first-order valence-electron chi connectivity index (χ1n) is 9.52. The van der Waals surface area contributed by atoms with Crippen LogP contribution in [0.4, 0.5) is 0 Å². The largest absolute Gasteiger partial charge is 0.212 e. The predicted octanol–water partition coefficient (Wildman–Crippen LogP) is 6.18. The first-order chi connectivity index (χ1) is 13.6. The molecule has 28 heavy (non-hydrogen) atoms. The van der Waals surface area contributed by atoms with Crippen LogP contribution in [-0.4, -0.2) is 21.1 Å². The van der Waals surface area contributed by atoms with Crippen LogP contribution in [0.3, 0.4) is 0 Å². The van der Waals surface area contributed by atoms with E-state index in [2.05, 4.69) is 60.3 Å². The zero-order valence-electron chi connectivity index (χ0n) is 16.5. The summed E-state index contributed by atoms with van der Waals surface area (Å²) >= 11 is 7.59. The van der Waals surface area contributed by atoms with E-state index in [1.807, 2.05) is 35.2 Å². The Hall–Kier alpha value is -2.11. The molecule has 6 heteroatoms. The molecule has 0 fully saturated rings. The molecule has 0 spiro atoms. The molecule has 0 atom stereocenters. The molecule has 0 N–H and O–H groups in total. The van der Waals surface area contributed by atoms with Crippen LogP contribution in [0.15, 0.2) is 58.8 Å². The molecule has 0 bridgehead atoms. The standard InChI is InChI=1S/C22H25ClN4S/c1-4-5-21-25-26-22(28-15-18-8-12-20(23)13-9-18)27(21)24-14-17-6-10-19(11-7-17)16(2)3/h6-14,16H,4-5,15H2,1-3H3/b24-14-. The number of rotatable bonds is 8. The predicted molar refractivity (Wildman–Crippen MR) is 119 cm³/mol. The monoisotopic (exact) mass is 412 g/mol. The number of hydrogen-bond donors (Lipinski definition) is 0. The van der Waals surface area contributed by atoms with Gasteiger partial charge in [-0.1, -0.05) is 80.5 Å². The Morgan fingerprint density at radius 2 is 1.79 bits per heavy atom. The second kappa shape index (κ2) is 9.89. The van der Waals surface area contributed by atoms with Gasteiger partial charge in [0, 0.05) is 17.2 Å². The molecule has 0 aliphatic rings. The van der Waals surface area contributed by atoms with Crippen LogP contribution in [0.5, 0.6) is 0 Å². The molecular formula is C22H25ClN4S. The maximum absolute atomic E-state index is 5.97. The number of halogens is 1. The van der Waals surface area contributed by atoms with E-state index in [4.69, 9.17) is 11.6 Å². The van der Waals surface area contributed by atoms with E-state index in [0.29, 0.717) is 5.92 Å². The van der Waals surface area contributed by atoms with Crippen molar-refractivity contribution in [2.75, 3.05) is 0 Å². The molecule has 2 aromatic carbocycles. The molecule has 3 aromatic rings. The molecule has 1 aromatic heterocycles. The minimum Gasteiger partial charge on any atom is -0.191 e. The molecule has 0 amide bonds. The summed E-state index contributed by atoms with van der Waals surface area (Å²) in [4.78, 5) is 0. The summed E-state index contributed by atoms with van der Waals surface area (Å²) in [5.41, 5.74) is 3.58. The smallest absolute Gasteiger partial charge is 0.191 e. The second-order valence-corrected chi connectivity index (χ2v) is 8.32. The summed E-state index contributed by atoms with van der Waals surface area (Å²) in [6.07, 6.45) is 3.72. The van der Waals surface area contributed by atoms with Gasteiger partial charge in [0.05, 0.1) is 6.21 Å². The van der Waals surface area contributed by atoms with Crippen LogP contribution >= 0.6 is 23.4 Å². The number of aromatic nitrogens is 3. The van der Waals surface area contributed by atoms with Gasteiger partial charge in [-0.3, -0.25) is 0 Å². The average molecular weight is 413 g/mol. The molecule has 0 radical (unpaired) electrons. The maximum atomic E-state index is 5.97. The molecule has 4 nitrogen and oxygen atoms in total. The van der Waals surface area contributed by atoms with Crippen molar-refractivity contribution >= 4 is 29.6 Å². The van der Waals surface area contributed by atoms with Crippen LogP contribution in [0.2, 0.25) is 5.02 Å². The first-order valence-corrected chi connectivity index (χ1v) is 10.9. The Morgan fingerprint density at radius 1 is 1.07 bits per heavy atom. The van der Waals surface area contributed by atoms with Crippen molar-refractivity contribution in [3.8, 4) is 0 Å². The van der Waals surface area contributed by atoms with Crippen LogP contribution in [0.1, 0.15) is 55.6 Å². The van der Waals surface area contributed by atoms with Gasteiger partial charge in [0.1, 0.15) is 0 Å². The summed E-state index contributed by atoms with van der Waals surface area (Å²) in [7, 11) is 0. The Balaban J connectivity index is 1.77. The Bertz CT molecular complexity index is 915. The molecule has 3 rings (SSSR count). The molecule has 1 heterocycles. The minimum absolute atomic E-state index is 0.524. The fourth-order valence-corrected chi connectivity index (χ4v) is 3.69. The van der Waals surface area contributed by atoms with Gasteiger partial charge < -0.3 is 0 Å². The third kappa shape index (κ3) is 5.46. The molecular weight excluding hydrogens is 388 g/mol. The normalized spacial score (nSPS) is 11.6. The summed E-state index contributed by atoms with van der Waals surface area (Å²) in [6.45, 7) is 6.52. The van der Waals surface area contributed by atoms with Gasteiger partial charge in [0.25, 0.3) is 0 Å². The number of hydrogen-bond acceptors (Lipinski definition) is 4. The van der Waals surface area contributed by atoms with E-state index >= 15 is 0 Å². The van der Waals surface area contributed by atoms with Gasteiger partial charge in [-0.25, -0.2) is 0 Å². The van der Waals surface area contributed by atoms with Crippen molar-refractivity contribution in [2.45, 2.75) is 50.4 Å². The van der Waals surface area contributed by atoms with E-state index in [0.717, 1.165) is 40.2 Å². The number of thioether (sulfide) groups is 1. The van der Waals surface area contributed by atoms with Crippen LogP contribution in [0.25, 0.3) is 0 Å². The van der Waals surface area contributed by atoms with Crippen LogP contribution in [0, 0.1) is 0 Å². The summed E-state index contributed by atoms with van der Waals surface area (Å²) in [5, 5.41) is 14.9. The topological polar surface area (TPSA) is 43.1 Å². The number of aryl methyl sites for hydroxylation is 1. The lowest BCUT2D eigenvalue weighted by molar-refractivity contribution is 0.700. The molecule has 0 saturated heterocycles. The fourth-order valence-electron chi connectivity index (χ4n) is 2.70. The van der Waals surface area contributed by atoms with E-state index in [1.165, 1.54) is 11.1 Å². The minimum atomic E-state index is 0.524. The number of benzene rings is 2.